The van der Waals surface area contributed by atoms with Crippen LogP contribution in [0.5, 0.6) is 0 Å². The molecule has 6 atom stereocenters. The van der Waals surface area contributed by atoms with E-state index in [0.29, 0.717) is 30.6 Å². The van der Waals surface area contributed by atoms with E-state index < -0.39 is 0 Å². The van der Waals surface area contributed by atoms with E-state index in [1.165, 1.54) is 11.1 Å². The van der Waals surface area contributed by atoms with Crippen LogP contribution in [0.15, 0.2) is 23.3 Å². The molecule has 0 aromatic heterocycles. The molecule has 1 N–H and O–H groups in total. The van der Waals surface area contributed by atoms with Crippen molar-refractivity contribution in [1.82, 2.24) is 0 Å². The minimum Gasteiger partial charge on any atom is -0.392 e. The molecule has 0 heterocycles. The molecule has 2 fully saturated rings. The number of carbonyl (C=O) groups is 1. The fourth-order valence-electron chi connectivity index (χ4n) is 6.59. The molecule has 0 amide bonds. The number of halogens is 1. The molecule has 0 unspecified atom stereocenters. The molecule has 0 aliphatic heterocycles. The van der Waals surface area contributed by atoms with Crippen LogP contribution in [0.2, 0.25) is 0 Å². The molecule has 0 bridgehead atoms. The van der Waals surface area contributed by atoms with Gasteiger partial charge in [0.15, 0.2) is 5.78 Å². The summed E-state index contributed by atoms with van der Waals surface area (Å²) in [5, 5.41) is 13.3. The summed E-state index contributed by atoms with van der Waals surface area (Å²) in [6.07, 6.45) is 10.3. The molecular formula is C22H27ClO2. The highest BCUT2D eigenvalue weighted by Crippen LogP contribution is 2.64. The summed E-state index contributed by atoms with van der Waals surface area (Å²) in [6.45, 7) is 4.62. The number of carbonyl (C=O) groups excluding carboxylic acids is 1. The van der Waals surface area contributed by atoms with Gasteiger partial charge in [0.25, 0.3) is 0 Å². The standard InChI is InChI=1S/C22H27ClO2/c1-14-12-16-17(21(2)9-6-15(24)13-19(14)21)7-10-22(8-3-11-23)18(16)4-5-20(22)25/h7,13-14,16,18,20,25H,4-6,8-10,12H2,1-2H3/t14-,16+,18-,20-,21+,22-/m0/s1. The first kappa shape index (κ1) is 17.4. The van der Waals surface area contributed by atoms with Gasteiger partial charge in [-0.1, -0.05) is 37.0 Å². The first-order valence-electron chi connectivity index (χ1n) is 9.64. The fourth-order valence-corrected chi connectivity index (χ4v) is 6.66. The molecule has 25 heavy (non-hydrogen) atoms. The second-order valence-corrected chi connectivity index (χ2v) is 9.07. The second kappa shape index (κ2) is 6.00. The van der Waals surface area contributed by atoms with Crippen molar-refractivity contribution in [2.24, 2.45) is 28.6 Å². The number of aliphatic hydroxyl groups excluding tert-OH is 1. The summed E-state index contributed by atoms with van der Waals surface area (Å²) in [5.41, 5.74) is 2.79. The zero-order valence-corrected chi connectivity index (χ0v) is 15.9. The van der Waals surface area contributed by atoms with Crippen LogP contribution >= 0.6 is 11.6 Å². The summed E-state index contributed by atoms with van der Waals surface area (Å²) < 4.78 is 0. The molecule has 4 rings (SSSR count). The maximum absolute atomic E-state index is 12.0. The number of aliphatic hydroxyl groups is 1. The minimum absolute atomic E-state index is 0.0358. The Balaban J connectivity index is 1.78. The normalized spacial score (nSPS) is 45.4. The highest BCUT2D eigenvalue weighted by molar-refractivity contribution is 6.30. The molecule has 4 aliphatic rings. The number of hydrogen-bond acceptors (Lipinski definition) is 2. The number of rotatable bonds is 1. The van der Waals surface area contributed by atoms with E-state index >= 15 is 0 Å². The molecule has 2 nitrogen and oxygen atoms in total. The predicted octanol–water partition coefficient (Wildman–Crippen LogP) is 4.62. The molecular weight excluding hydrogens is 332 g/mol. The van der Waals surface area contributed by atoms with E-state index in [4.69, 9.17) is 11.6 Å². The van der Waals surface area contributed by atoms with Crippen LogP contribution < -0.4 is 0 Å². The molecule has 134 valence electrons. The van der Waals surface area contributed by atoms with E-state index in [2.05, 4.69) is 31.2 Å². The Morgan fingerprint density at radius 3 is 2.92 bits per heavy atom. The van der Waals surface area contributed by atoms with Crippen LogP contribution in [0.4, 0.5) is 0 Å². The summed E-state index contributed by atoms with van der Waals surface area (Å²) in [4.78, 5) is 12.0. The fraction of sp³-hybridized carbons (Fsp3) is 0.682. The Kier molecular flexibility index (Phi) is 4.17. The predicted molar refractivity (Wildman–Crippen MR) is 99.8 cm³/mol. The van der Waals surface area contributed by atoms with Gasteiger partial charge < -0.3 is 5.11 Å². The molecule has 0 aromatic carbocycles. The lowest BCUT2D eigenvalue weighted by molar-refractivity contribution is -0.115. The van der Waals surface area contributed by atoms with Crippen molar-refractivity contribution in [1.29, 1.82) is 0 Å². The van der Waals surface area contributed by atoms with Gasteiger partial charge in [-0.2, -0.15) is 0 Å². The van der Waals surface area contributed by atoms with Crippen molar-refractivity contribution in [3.05, 3.63) is 23.3 Å². The quantitative estimate of drug-likeness (QED) is 0.548. The summed E-state index contributed by atoms with van der Waals surface area (Å²) in [5.74, 6) is 4.77. The van der Waals surface area contributed by atoms with Crippen LogP contribution in [0, 0.1) is 39.9 Å². The summed E-state index contributed by atoms with van der Waals surface area (Å²) >= 11 is 5.65. The van der Waals surface area contributed by atoms with Crippen LogP contribution in [0.1, 0.15) is 58.8 Å². The van der Waals surface area contributed by atoms with E-state index in [0.717, 1.165) is 32.1 Å². The van der Waals surface area contributed by atoms with Crippen molar-refractivity contribution < 1.29 is 9.90 Å². The van der Waals surface area contributed by atoms with E-state index in [1.54, 1.807) is 0 Å². The minimum atomic E-state index is -0.277. The number of allylic oxidation sites excluding steroid dienone is 4. The van der Waals surface area contributed by atoms with Crippen LogP contribution in [-0.4, -0.2) is 17.0 Å². The van der Waals surface area contributed by atoms with Gasteiger partial charge in [0, 0.05) is 29.1 Å². The molecule has 3 heteroatoms. The van der Waals surface area contributed by atoms with E-state index in [1.807, 2.05) is 6.08 Å². The van der Waals surface area contributed by atoms with E-state index in [9.17, 15) is 9.90 Å². The van der Waals surface area contributed by atoms with Crippen molar-refractivity contribution >= 4 is 17.4 Å². The Morgan fingerprint density at radius 2 is 2.16 bits per heavy atom. The molecule has 0 radical (unpaired) electrons. The molecule has 0 saturated heterocycles. The SMILES string of the molecule is C[C@H]1C[C@@H]2C(=CC[C@]3(CC#CCl)[C@@H](O)CC[C@@H]23)[C@@]2(C)CCC(=O)C=C12. The molecule has 0 spiro atoms. The lowest BCUT2D eigenvalue weighted by atomic mass is 9.49. The molecule has 0 aromatic rings. The van der Waals surface area contributed by atoms with Gasteiger partial charge in [-0.25, -0.2) is 0 Å². The highest BCUT2D eigenvalue weighted by Gasteiger charge is 2.58. The third-order valence-electron chi connectivity index (χ3n) is 7.83. The van der Waals surface area contributed by atoms with Gasteiger partial charge in [0.05, 0.1) is 6.10 Å². The van der Waals surface area contributed by atoms with Crippen LogP contribution in [0.25, 0.3) is 0 Å². The number of hydrogen-bond donors (Lipinski definition) is 1. The topological polar surface area (TPSA) is 37.3 Å². The van der Waals surface area contributed by atoms with Crippen molar-refractivity contribution in [2.45, 2.75) is 64.9 Å². The van der Waals surface area contributed by atoms with Crippen molar-refractivity contribution in [3.8, 4) is 11.3 Å². The third kappa shape index (κ3) is 2.39. The van der Waals surface area contributed by atoms with Gasteiger partial charge in [0.1, 0.15) is 0 Å². The van der Waals surface area contributed by atoms with Crippen LogP contribution in [-0.2, 0) is 4.79 Å². The summed E-state index contributed by atoms with van der Waals surface area (Å²) in [6, 6.07) is 0. The van der Waals surface area contributed by atoms with Crippen molar-refractivity contribution in [3.63, 3.8) is 0 Å². The summed E-state index contributed by atoms with van der Waals surface area (Å²) in [7, 11) is 0. The average Bonchev–Trinajstić information content (AvgIpc) is 2.92. The number of ketones is 1. The highest BCUT2D eigenvalue weighted by atomic mass is 35.5. The average molecular weight is 359 g/mol. The lowest BCUT2D eigenvalue weighted by Crippen LogP contribution is -2.48. The van der Waals surface area contributed by atoms with Gasteiger partial charge in [0.2, 0.25) is 0 Å². The molecule has 2 saturated carbocycles. The largest absolute Gasteiger partial charge is 0.392 e. The maximum atomic E-state index is 12.0. The number of fused-ring (bicyclic) bond motifs is 5. The van der Waals surface area contributed by atoms with Gasteiger partial charge >= 0.3 is 0 Å². The van der Waals surface area contributed by atoms with Gasteiger partial charge in [-0.05, 0) is 67.5 Å². The lowest BCUT2D eigenvalue weighted by Gasteiger charge is -2.55. The second-order valence-electron chi connectivity index (χ2n) is 8.89. The Labute approximate surface area is 155 Å². The Hall–Kier alpha value is -1.04. The first-order valence-corrected chi connectivity index (χ1v) is 10.0. The zero-order valence-electron chi connectivity index (χ0n) is 15.1. The van der Waals surface area contributed by atoms with Crippen LogP contribution in [0.3, 0.4) is 0 Å². The van der Waals surface area contributed by atoms with E-state index in [-0.39, 0.29) is 22.7 Å². The third-order valence-corrected chi connectivity index (χ3v) is 7.96. The smallest absolute Gasteiger partial charge is 0.155 e. The Bertz CT molecular complexity index is 724. The van der Waals surface area contributed by atoms with Crippen molar-refractivity contribution in [2.75, 3.05) is 0 Å². The van der Waals surface area contributed by atoms with Gasteiger partial charge in [-0.3, -0.25) is 4.79 Å². The maximum Gasteiger partial charge on any atom is 0.155 e. The molecule has 4 aliphatic carbocycles. The Morgan fingerprint density at radius 1 is 1.36 bits per heavy atom. The zero-order chi connectivity index (χ0) is 17.8. The first-order chi connectivity index (χ1) is 11.9. The van der Waals surface area contributed by atoms with Gasteiger partial charge in [-0.15, -0.1) is 0 Å². The monoisotopic (exact) mass is 358 g/mol.